The first-order chi connectivity index (χ1) is 7.43. The van der Waals surface area contributed by atoms with Crippen LogP contribution in [0.1, 0.15) is 19.4 Å². The molecule has 0 radical (unpaired) electrons. The predicted molar refractivity (Wildman–Crippen MR) is 73.4 cm³/mol. The van der Waals surface area contributed by atoms with Gasteiger partial charge in [0.25, 0.3) is 0 Å². The average Bonchev–Trinajstić information content (AvgIpc) is 2.33. The smallest absolute Gasteiger partial charge is 0.0561 e. The van der Waals surface area contributed by atoms with Gasteiger partial charge in [-0.15, -0.1) is 0 Å². The lowest BCUT2D eigenvalue weighted by Crippen LogP contribution is -1.89. The molecular weight excluding hydrogens is 224 g/mol. The first kappa shape index (κ1) is 14.9. The highest BCUT2D eigenvalue weighted by Crippen LogP contribution is 2.25. The molecule has 0 N–H and O–H groups in total. The third-order valence-corrected chi connectivity index (χ3v) is 3.83. The van der Waals surface area contributed by atoms with E-state index in [1.807, 2.05) is 41.5 Å². The lowest BCUT2D eigenvalue weighted by Gasteiger charge is -2.00. The zero-order valence-corrected chi connectivity index (χ0v) is 11.4. The van der Waals surface area contributed by atoms with Crippen molar-refractivity contribution in [1.82, 2.24) is 0 Å². The third-order valence-electron chi connectivity index (χ3n) is 1.52. The Morgan fingerprint density at radius 3 is 2.33 bits per heavy atom. The molecule has 15 heavy (non-hydrogen) atoms. The molecule has 0 aliphatic carbocycles. The summed E-state index contributed by atoms with van der Waals surface area (Å²) in [6, 6.07) is 10.5. The normalized spacial score (nSPS) is 9.27. The molecule has 86 valence electrons. The first-order valence-electron chi connectivity index (χ1n) is 5.21. The summed E-state index contributed by atoms with van der Waals surface area (Å²) >= 11 is 0. The van der Waals surface area contributed by atoms with E-state index in [9.17, 15) is 0 Å². The van der Waals surface area contributed by atoms with Crippen molar-refractivity contribution in [2.75, 3.05) is 19.5 Å². The van der Waals surface area contributed by atoms with Gasteiger partial charge in [0, 0.05) is 18.6 Å². The summed E-state index contributed by atoms with van der Waals surface area (Å²) in [5.74, 6) is 2.14. The molecule has 0 spiro atoms. The average molecular weight is 244 g/mol. The number of benzene rings is 1. The van der Waals surface area contributed by atoms with Crippen LogP contribution in [0.2, 0.25) is 0 Å². The molecular formula is C12H20OS2. The fraction of sp³-hybridized carbons (Fsp3) is 0.500. The van der Waals surface area contributed by atoms with Crippen LogP contribution in [0.3, 0.4) is 0 Å². The van der Waals surface area contributed by atoms with Gasteiger partial charge in [-0.05, 0) is 5.56 Å². The maximum atomic E-state index is 4.96. The van der Waals surface area contributed by atoms with Crippen LogP contribution >= 0.6 is 21.6 Å². The molecule has 1 aromatic carbocycles. The second-order valence-corrected chi connectivity index (χ2v) is 5.15. The Kier molecular flexibility index (Phi) is 11.9. The van der Waals surface area contributed by atoms with E-state index in [0.717, 1.165) is 18.1 Å². The lowest BCUT2D eigenvalue weighted by atomic mass is 10.2. The Morgan fingerprint density at radius 1 is 1.07 bits per heavy atom. The van der Waals surface area contributed by atoms with Crippen molar-refractivity contribution < 1.29 is 4.74 Å². The molecule has 0 atom stereocenters. The molecule has 0 heterocycles. The van der Waals surface area contributed by atoms with Crippen molar-refractivity contribution in [2.45, 2.75) is 19.6 Å². The standard InChI is InChI=1S/C10H14OS2.C2H6/c1-11-7-8-12-13-9-10-5-3-2-4-6-10;1-2/h2-6H,7-9H2,1H3;1-2H3. The Labute approximate surface area is 101 Å². The van der Waals surface area contributed by atoms with Gasteiger partial charge in [0.05, 0.1) is 6.61 Å². The quantitative estimate of drug-likeness (QED) is 0.547. The highest BCUT2D eigenvalue weighted by Gasteiger charge is 1.92. The minimum atomic E-state index is 0.840. The molecule has 1 aromatic rings. The van der Waals surface area contributed by atoms with Crippen LogP contribution in [-0.4, -0.2) is 19.5 Å². The van der Waals surface area contributed by atoms with Crippen LogP contribution in [0.5, 0.6) is 0 Å². The monoisotopic (exact) mass is 244 g/mol. The van der Waals surface area contributed by atoms with Gasteiger partial charge in [0.1, 0.15) is 0 Å². The van der Waals surface area contributed by atoms with Gasteiger partial charge >= 0.3 is 0 Å². The molecule has 0 aliphatic rings. The van der Waals surface area contributed by atoms with Gasteiger partial charge in [-0.2, -0.15) is 0 Å². The van der Waals surface area contributed by atoms with Crippen LogP contribution in [0.25, 0.3) is 0 Å². The van der Waals surface area contributed by atoms with Crippen molar-refractivity contribution >= 4 is 21.6 Å². The fourth-order valence-corrected chi connectivity index (χ4v) is 2.84. The van der Waals surface area contributed by atoms with Crippen LogP contribution in [0.15, 0.2) is 30.3 Å². The van der Waals surface area contributed by atoms with Crippen LogP contribution < -0.4 is 0 Å². The maximum Gasteiger partial charge on any atom is 0.0561 e. The Hall–Kier alpha value is -0.120. The van der Waals surface area contributed by atoms with E-state index in [1.54, 1.807) is 7.11 Å². The minimum absolute atomic E-state index is 0.840. The topological polar surface area (TPSA) is 9.23 Å². The summed E-state index contributed by atoms with van der Waals surface area (Å²) in [5, 5.41) is 0. The van der Waals surface area contributed by atoms with Crippen molar-refractivity contribution in [2.24, 2.45) is 0 Å². The molecule has 0 saturated heterocycles. The molecule has 0 unspecified atom stereocenters. The summed E-state index contributed by atoms with van der Waals surface area (Å²) < 4.78 is 4.96. The van der Waals surface area contributed by atoms with Crippen molar-refractivity contribution in [3.8, 4) is 0 Å². The highest BCUT2D eigenvalue weighted by molar-refractivity contribution is 8.76. The Morgan fingerprint density at radius 2 is 1.73 bits per heavy atom. The minimum Gasteiger partial charge on any atom is -0.384 e. The lowest BCUT2D eigenvalue weighted by molar-refractivity contribution is 0.219. The highest BCUT2D eigenvalue weighted by atomic mass is 33.1. The zero-order valence-electron chi connectivity index (χ0n) is 9.73. The van der Waals surface area contributed by atoms with E-state index in [0.29, 0.717) is 0 Å². The SMILES string of the molecule is CC.COCCSSCc1ccccc1. The van der Waals surface area contributed by atoms with Crippen LogP contribution in [0.4, 0.5) is 0 Å². The Bertz CT molecular complexity index is 214. The van der Waals surface area contributed by atoms with Gasteiger partial charge in [0.15, 0.2) is 0 Å². The van der Waals surface area contributed by atoms with Gasteiger partial charge < -0.3 is 4.74 Å². The van der Waals surface area contributed by atoms with Gasteiger partial charge in [-0.3, -0.25) is 0 Å². The molecule has 0 aliphatic heterocycles. The molecule has 0 saturated carbocycles. The van der Waals surface area contributed by atoms with E-state index in [1.165, 1.54) is 5.56 Å². The molecule has 0 fully saturated rings. The van der Waals surface area contributed by atoms with Crippen molar-refractivity contribution in [1.29, 1.82) is 0 Å². The fourth-order valence-electron chi connectivity index (χ4n) is 0.860. The summed E-state index contributed by atoms with van der Waals surface area (Å²) in [7, 11) is 5.49. The number of hydrogen-bond acceptors (Lipinski definition) is 3. The van der Waals surface area contributed by atoms with E-state index < -0.39 is 0 Å². The van der Waals surface area contributed by atoms with Crippen molar-refractivity contribution in [3.05, 3.63) is 35.9 Å². The first-order valence-corrected chi connectivity index (χ1v) is 7.69. The zero-order chi connectivity index (χ0) is 11.4. The molecule has 0 aromatic heterocycles. The van der Waals surface area contributed by atoms with Crippen molar-refractivity contribution in [3.63, 3.8) is 0 Å². The molecule has 0 bridgehead atoms. The molecule has 1 rings (SSSR count). The van der Waals surface area contributed by atoms with E-state index in [-0.39, 0.29) is 0 Å². The molecule has 0 amide bonds. The predicted octanol–water partition coefficient (Wildman–Crippen LogP) is 4.24. The third kappa shape index (κ3) is 8.85. The van der Waals surface area contributed by atoms with Gasteiger partial charge in [-0.1, -0.05) is 65.8 Å². The van der Waals surface area contributed by atoms with Gasteiger partial charge in [0.2, 0.25) is 0 Å². The Balaban J connectivity index is 0.000000921. The van der Waals surface area contributed by atoms with E-state index in [4.69, 9.17) is 4.74 Å². The molecule has 1 nitrogen and oxygen atoms in total. The van der Waals surface area contributed by atoms with E-state index >= 15 is 0 Å². The van der Waals surface area contributed by atoms with Crippen LogP contribution in [0, 0.1) is 0 Å². The van der Waals surface area contributed by atoms with Crippen LogP contribution in [-0.2, 0) is 10.5 Å². The summed E-state index contributed by atoms with van der Waals surface area (Å²) in [4.78, 5) is 0. The number of ether oxygens (including phenoxy) is 1. The second kappa shape index (κ2) is 12.0. The number of rotatable bonds is 6. The maximum absolute atomic E-state index is 4.96. The van der Waals surface area contributed by atoms with Gasteiger partial charge in [-0.25, -0.2) is 0 Å². The second-order valence-electron chi connectivity index (χ2n) is 2.56. The largest absolute Gasteiger partial charge is 0.384 e. The summed E-state index contributed by atoms with van der Waals surface area (Å²) in [6.45, 7) is 4.84. The molecule has 3 heteroatoms. The summed E-state index contributed by atoms with van der Waals surface area (Å²) in [5.41, 5.74) is 1.39. The number of methoxy groups -OCH3 is 1. The summed E-state index contributed by atoms with van der Waals surface area (Å²) in [6.07, 6.45) is 0. The number of hydrogen-bond donors (Lipinski definition) is 0. The van der Waals surface area contributed by atoms with E-state index in [2.05, 4.69) is 24.3 Å².